The molecule has 1 heterocycles. The highest BCUT2D eigenvalue weighted by Crippen LogP contribution is 2.18. The smallest absolute Gasteiger partial charge is 0.222 e. The molecule has 2 atom stereocenters. The normalized spacial score (nSPS) is 20.4. The molecule has 0 bridgehead atoms. The SMILES string of the molecule is Cc1ccc(C(C)NC(=O)CC2COCCN2)c(C)c1. The van der Waals surface area contributed by atoms with E-state index in [9.17, 15) is 4.79 Å². The number of nitrogens with one attached hydrogen (secondary N) is 2. The van der Waals surface area contributed by atoms with Gasteiger partial charge < -0.3 is 15.4 Å². The molecule has 110 valence electrons. The van der Waals surface area contributed by atoms with Crippen LogP contribution in [0.2, 0.25) is 0 Å². The summed E-state index contributed by atoms with van der Waals surface area (Å²) < 4.78 is 5.36. The van der Waals surface area contributed by atoms with Crippen LogP contribution in [0.5, 0.6) is 0 Å². The second kappa shape index (κ2) is 6.86. The molecule has 1 fully saturated rings. The Labute approximate surface area is 120 Å². The van der Waals surface area contributed by atoms with Gasteiger partial charge in [-0.2, -0.15) is 0 Å². The maximum atomic E-state index is 12.1. The van der Waals surface area contributed by atoms with E-state index in [2.05, 4.69) is 42.7 Å². The number of benzene rings is 1. The van der Waals surface area contributed by atoms with Gasteiger partial charge in [-0.15, -0.1) is 0 Å². The van der Waals surface area contributed by atoms with Crippen LogP contribution in [0, 0.1) is 13.8 Å². The summed E-state index contributed by atoms with van der Waals surface area (Å²) in [4.78, 5) is 12.1. The molecule has 1 amide bonds. The molecule has 2 N–H and O–H groups in total. The van der Waals surface area contributed by atoms with Gasteiger partial charge in [0, 0.05) is 19.0 Å². The Kier molecular flexibility index (Phi) is 5.15. The van der Waals surface area contributed by atoms with Crippen molar-refractivity contribution in [3.8, 4) is 0 Å². The van der Waals surface area contributed by atoms with Crippen molar-refractivity contribution in [1.82, 2.24) is 10.6 Å². The van der Waals surface area contributed by atoms with Crippen LogP contribution in [0.25, 0.3) is 0 Å². The molecule has 1 aromatic rings. The maximum absolute atomic E-state index is 12.1. The Morgan fingerprint density at radius 1 is 1.50 bits per heavy atom. The summed E-state index contributed by atoms with van der Waals surface area (Å²) in [5.41, 5.74) is 3.64. The van der Waals surface area contributed by atoms with Crippen LogP contribution in [0.15, 0.2) is 18.2 Å². The van der Waals surface area contributed by atoms with E-state index in [1.807, 2.05) is 6.92 Å². The Morgan fingerprint density at radius 3 is 2.95 bits per heavy atom. The quantitative estimate of drug-likeness (QED) is 0.882. The third-order valence-corrected chi connectivity index (χ3v) is 3.70. The van der Waals surface area contributed by atoms with E-state index >= 15 is 0 Å². The molecule has 1 aliphatic rings. The van der Waals surface area contributed by atoms with Gasteiger partial charge in [-0.3, -0.25) is 4.79 Å². The minimum absolute atomic E-state index is 0.0348. The molecule has 1 aromatic carbocycles. The first-order chi connectivity index (χ1) is 9.56. The Balaban J connectivity index is 1.89. The second-order valence-corrected chi connectivity index (χ2v) is 5.58. The number of aryl methyl sites for hydroxylation is 2. The summed E-state index contributed by atoms with van der Waals surface area (Å²) in [6, 6.07) is 6.50. The van der Waals surface area contributed by atoms with Gasteiger partial charge in [0.2, 0.25) is 5.91 Å². The minimum Gasteiger partial charge on any atom is -0.378 e. The van der Waals surface area contributed by atoms with Crippen molar-refractivity contribution >= 4 is 5.91 Å². The predicted octanol–water partition coefficient (Wildman–Crippen LogP) is 1.86. The van der Waals surface area contributed by atoms with E-state index in [1.165, 1.54) is 16.7 Å². The minimum atomic E-state index is 0.0348. The molecule has 0 radical (unpaired) electrons. The predicted molar refractivity (Wildman–Crippen MR) is 79.7 cm³/mol. The van der Waals surface area contributed by atoms with Crippen LogP contribution in [0.3, 0.4) is 0 Å². The number of amides is 1. The Hall–Kier alpha value is -1.39. The van der Waals surface area contributed by atoms with Crippen LogP contribution in [-0.4, -0.2) is 31.7 Å². The number of rotatable bonds is 4. The highest BCUT2D eigenvalue weighted by Gasteiger charge is 2.18. The number of hydrogen-bond acceptors (Lipinski definition) is 3. The fourth-order valence-corrected chi connectivity index (χ4v) is 2.66. The van der Waals surface area contributed by atoms with E-state index in [4.69, 9.17) is 4.74 Å². The van der Waals surface area contributed by atoms with Crippen molar-refractivity contribution in [3.63, 3.8) is 0 Å². The first kappa shape index (κ1) is 15.0. The number of morpholine rings is 1. The van der Waals surface area contributed by atoms with E-state index in [0.717, 1.165) is 13.2 Å². The van der Waals surface area contributed by atoms with Gasteiger partial charge in [-0.05, 0) is 31.9 Å². The second-order valence-electron chi connectivity index (χ2n) is 5.58. The zero-order chi connectivity index (χ0) is 14.5. The lowest BCUT2D eigenvalue weighted by molar-refractivity contribution is -0.122. The fourth-order valence-electron chi connectivity index (χ4n) is 2.66. The third kappa shape index (κ3) is 4.05. The largest absolute Gasteiger partial charge is 0.378 e. The molecular weight excluding hydrogens is 252 g/mol. The molecule has 0 saturated carbocycles. The van der Waals surface area contributed by atoms with Gasteiger partial charge in [-0.1, -0.05) is 23.8 Å². The molecule has 20 heavy (non-hydrogen) atoms. The molecule has 0 spiro atoms. The molecule has 0 aliphatic carbocycles. The summed E-state index contributed by atoms with van der Waals surface area (Å²) in [5.74, 6) is 0.0699. The lowest BCUT2D eigenvalue weighted by Gasteiger charge is -2.24. The molecule has 2 rings (SSSR count). The van der Waals surface area contributed by atoms with E-state index in [0.29, 0.717) is 13.0 Å². The van der Waals surface area contributed by atoms with Crippen molar-refractivity contribution in [1.29, 1.82) is 0 Å². The zero-order valence-corrected chi connectivity index (χ0v) is 12.5. The molecule has 1 saturated heterocycles. The number of carbonyl (C=O) groups is 1. The summed E-state index contributed by atoms with van der Waals surface area (Å²) in [6.45, 7) is 8.36. The molecule has 4 heteroatoms. The standard InChI is InChI=1S/C16H24N2O2/c1-11-4-5-15(12(2)8-11)13(3)18-16(19)9-14-10-20-7-6-17-14/h4-5,8,13-14,17H,6-7,9-10H2,1-3H3,(H,18,19). The highest BCUT2D eigenvalue weighted by atomic mass is 16.5. The number of hydrogen-bond donors (Lipinski definition) is 2. The van der Waals surface area contributed by atoms with Crippen LogP contribution in [0.4, 0.5) is 0 Å². The molecule has 4 nitrogen and oxygen atoms in total. The zero-order valence-electron chi connectivity index (χ0n) is 12.5. The summed E-state index contributed by atoms with van der Waals surface area (Å²) in [5, 5.41) is 6.37. The summed E-state index contributed by atoms with van der Waals surface area (Å²) in [7, 11) is 0. The topological polar surface area (TPSA) is 50.4 Å². The van der Waals surface area contributed by atoms with Crippen LogP contribution < -0.4 is 10.6 Å². The summed E-state index contributed by atoms with van der Waals surface area (Å²) >= 11 is 0. The van der Waals surface area contributed by atoms with Gasteiger partial charge in [0.1, 0.15) is 0 Å². The molecular formula is C16H24N2O2. The van der Waals surface area contributed by atoms with Crippen molar-refractivity contribution < 1.29 is 9.53 Å². The fraction of sp³-hybridized carbons (Fsp3) is 0.562. The Morgan fingerprint density at radius 2 is 2.30 bits per heavy atom. The van der Waals surface area contributed by atoms with Crippen molar-refractivity contribution in [2.24, 2.45) is 0 Å². The number of carbonyl (C=O) groups excluding carboxylic acids is 1. The third-order valence-electron chi connectivity index (χ3n) is 3.70. The van der Waals surface area contributed by atoms with Crippen molar-refractivity contribution in [3.05, 3.63) is 34.9 Å². The van der Waals surface area contributed by atoms with Gasteiger partial charge in [0.05, 0.1) is 19.3 Å². The average molecular weight is 276 g/mol. The van der Waals surface area contributed by atoms with E-state index < -0.39 is 0 Å². The van der Waals surface area contributed by atoms with E-state index in [-0.39, 0.29) is 18.0 Å². The van der Waals surface area contributed by atoms with Gasteiger partial charge in [0.15, 0.2) is 0 Å². The lowest BCUT2D eigenvalue weighted by Crippen LogP contribution is -2.44. The highest BCUT2D eigenvalue weighted by molar-refractivity contribution is 5.77. The van der Waals surface area contributed by atoms with Crippen LogP contribution >= 0.6 is 0 Å². The Bertz CT molecular complexity index is 468. The average Bonchev–Trinajstić information content (AvgIpc) is 2.39. The molecule has 2 unspecified atom stereocenters. The number of ether oxygens (including phenoxy) is 1. The first-order valence-electron chi connectivity index (χ1n) is 7.24. The maximum Gasteiger partial charge on any atom is 0.222 e. The van der Waals surface area contributed by atoms with Crippen LogP contribution in [0.1, 0.15) is 36.1 Å². The van der Waals surface area contributed by atoms with Crippen molar-refractivity contribution in [2.45, 2.75) is 39.3 Å². The summed E-state index contributed by atoms with van der Waals surface area (Å²) in [6.07, 6.45) is 0.468. The van der Waals surface area contributed by atoms with E-state index in [1.54, 1.807) is 0 Å². The van der Waals surface area contributed by atoms with Gasteiger partial charge >= 0.3 is 0 Å². The van der Waals surface area contributed by atoms with Gasteiger partial charge in [0.25, 0.3) is 0 Å². The molecule has 0 aromatic heterocycles. The lowest BCUT2D eigenvalue weighted by atomic mass is 10.00. The van der Waals surface area contributed by atoms with Crippen LogP contribution in [-0.2, 0) is 9.53 Å². The first-order valence-corrected chi connectivity index (χ1v) is 7.24. The van der Waals surface area contributed by atoms with Crippen molar-refractivity contribution in [2.75, 3.05) is 19.8 Å². The monoisotopic (exact) mass is 276 g/mol. The van der Waals surface area contributed by atoms with Gasteiger partial charge in [-0.25, -0.2) is 0 Å². The molecule has 1 aliphatic heterocycles.